The highest BCUT2D eigenvalue weighted by atomic mass is 79.9. The van der Waals surface area contributed by atoms with Gasteiger partial charge >= 0.3 is 5.97 Å². The lowest BCUT2D eigenvalue weighted by Gasteiger charge is -2.40. The molecule has 1 spiro atoms. The predicted octanol–water partition coefficient (Wildman–Crippen LogP) is 2.44. The summed E-state index contributed by atoms with van der Waals surface area (Å²) in [6.07, 6.45) is 5.39. The zero-order valence-corrected chi connectivity index (χ0v) is 21.9. The van der Waals surface area contributed by atoms with Crippen LogP contribution in [0, 0.1) is 11.8 Å². The zero-order valence-electron chi connectivity index (χ0n) is 20.3. The summed E-state index contributed by atoms with van der Waals surface area (Å²) < 4.78 is 11.9. The second kappa shape index (κ2) is 10.9. The molecular weight excluding hydrogens is 504 g/mol. The summed E-state index contributed by atoms with van der Waals surface area (Å²) in [4.78, 5) is 44.0. The molecule has 0 aromatic heterocycles. The first-order valence-electron chi connectivity index (χ1n) is 12.1. The Balaban J connectivity index is 2.04. The lowest BCUT2D eigenvalue weighted by atomic mass is 9.70. The second-order valence-electron chi connectivity index (χ2n) is 9.60. The number of hydrogen-bond donors (Lipinski definition) is 1. The number of amides is 2. The monoisotopic (exact) mass is 540 g/mol. The van der Waals surface area contributed by atoms with E-state index < -0.39 is 41.6 Å². The third-order valence-electron chi connectivity index (χ3n) is 7.39. The number of ether oxygens (including phenoxy) is 2. The number of esters is 1. The average Bonchev–Trinajstić information content (AvgIpc) is 3.40. The maximum absolute atomic E-state index is 14.1. The van der Waals surface area contributed by atoms with Gasteiger partial charge in [0.2, 0.25) is 11.8 Å². The van der Waals surface area contributed by atoms with E-state index in [0.717, 1.165) is 12.8 Å². The maximum atomic E-state index is 14.1. The molecule has 34 heavy (non-hydrogen) atoms. The summed E-state index contributed by atoms with van der Waals surface area (Å²) in [6, 6.07) is -1.62. The Kier molecular flexibility index (Phi) is 8.63. The Morgan fingerprint density at radius 1 is 1.38 bits per heavy atom. The van der Waals surface area contributed by atoms with Crippen molar-refractivity contribution in [2.75, 3.05) is 19.8 Å². The highest BCUT2D eigenvalue weighted by molar-refractivity contribution is 9.09. The number of carbonyl (C=O) groups excluding carboxylic acids is 3. The molecule has 9 heteroatoms. The third-order valence-corrected chi connectivity index (χ3v) is 8.23. The van der Waals surface area contributed by atoms with Gasteiger partial charge in [0.25, 0.3) is 0 Å². The van der Waals surface area contributed by atoms with Crippen molar-refractivity contribution < 1.29 is 29.0 Å². The Bertz CT molecular complexity index is 821. The molecule has 190 valence electrons. The zero-order chi connectivity index (χ0) is 25.2. The SMILES string of the molecule is C=CCCOC(=O)[C@H]1[C@H]2C(=O)N([C@H](C)CO)C(C(=O)N(CC=C)C(C)CCC)C23CC(Br)[C@@H]1O3. The number of hydrogen-bond acceptors (Lipinski definition) is 6. The number of rotatable bonds is 12. The number of aliphatic hydroxyl groups is 1. The van der Waals surface area contributed by atoms with Crippen LogP contribution in [0.15, 0.2) is 25.3 Å². The molecule has 2 amide bonds. The van der Waals surface area contributed by atoms with Crippen LogP contribution in [-0.4, -0.2) is 87.1 Å². The summed E-state index contributed by atoms with van der Waals surface area (Å²) in [6.45, 7) is 13.4. The van der Waals surface area contributed by atoms with Gasteiger partial charge in [0, 0.05) is 17.4 Å². The van der Waals surface area contributed by atoms with Gasteiger partial charge in [-0.25, -0.2) is 0 Å². The molecule has 3 saturated heterocycles. The van der Waals surface area contributed by atoms with Crippen LogP contribution in [0.1, 0.15) is 46.5 Å². The molecule has 8 atom stereocenters. The molecule has 4 unspecified atom stereocenters. The second-order valence-corrected chi connectivity index (χ2v) is 10.8. The van der Waals surface area contributed by atoms with Crippen molar-refractivity contribution in [3.63, 3.8) is 0 Å². The van der Waals surface area contributed by atoms with E-state index in [1.807, 2.05) is 6.92 Å². The summed E-state index contributed by atoms with van der Waals surface area (Å²) in [5, 5.41) is 9.96. The van der Waals surface area contributed by atoms with Crippen molar-refractivity contribution in [1.82, 2.24) is 9.80 Å². The molecule has 2 bridgehead atoms. The van der Waals surface area contributed by atoms with Crippen molar-refractivity contribution in [2.45, 2.75) is 81.1 Å². The predicted molar refractivity (Wildman–Crippen MR) is 131 cm³/mol. The van der Waals surface area contributed by atoms with Gasteiger partial charge in [0.15, 0.2) is 0 Å². The fourth-order valence-electron chi connectivity index (χ4n) is 5.87. The number of halogens is 1. The van der Waals surface area contributed by atoms with Crippen LogP contribution < -0.4 is 0 Å². The first kappa shape index (κ1) is 26.9. The van der Waals surface area contributed by atoms with Gasteiger partial charge in [0.1, 0.15) is 11.6 Å². The van der Waals surface area contributed by atoms with Gasteiger partial charge in [-0.3, -0.25) is 14.4 Å². The van der Waals surface area contributed by atoms with E-state index in [2.05, 4.69) is 36.0 Å². The summed E-state index contributed by atoms with van der Waals surface area (Å²) >= 11 is 3.64. The van der Waals surface area contributed by atoms with E-state index in [1.165, 1.54) is 4.90 Å². The Morgan fingerprint density at radius 2 is 2.09 bits per heavy atom. The van der Waals surface area contributed by atoms with E-state index in [4.69, 9.17) is 9.47 Å². The van der Waals surface area contributed by atoms with Gasteiger partial charge in [-0.05, 0) is 33.1 Å². The van der Waals surface area contributed by atoms with E-state index in [9.17, 15) is 19.5 Å². The van der Waals surface area contributed by atoms with Gasteiger partial charge in [0.05, 0.1) is 37.2 Å². The van der Waals surface area contributed by atoms with Crippen LogP contribution in [-0.2, 0) is 23.9 Å². The normalized spacial score (nSPS) is 33.4. The van der Waals surface area contributed by atoms with Crippen molar-refractivity contribution >= 4 is 33.7 Å². The van der Waals surface area contributed by atoms with E-state index in [-0.39, 0.29) is 35.9 Å². The van der Waals surface area contributed by atoms with Crippen LogP contribution in [0.2, 0.25) is 0 Å². The lowest BCUT2D eigenvalue weighted by molar-refractivity contribution is -0.156. The molecule has 3 heterocycles. The Morgan fingerprint density at radius 3 is 2.68 bits per heavy atom. The molecule has 0 saturated carbocycles. The fourth-order valence-corrected chi connectivity index (χ4v) is 6.82. The molecule has 0 aromatic rings. The quantitative estimate of drug-likeness (QED) is 0.177. The van der Waals surface area contributed by atoms with E-state index in [1.54, 1.807) is 24.0 Å². The third kappa shape index (κ3) is 4.35. The first-order chi connectivity index (χ1) is 16.2. The van der Waals surface area contributed by atoms with Gasteiger partial charge in [-0.2, -0.15) is 0 Å². The van der Waals surface area contributed by atoms with E-state index in [0.29, 0.717) is 19.4 Å². The lowest BCUT2D eigenvalue weighted by Crippen LogP contribution is -2.59. The maximum Gasteiger partial charge on any atom is 0.312 e. The van der Waals surface area contributed by atoms with Crippen molar-refractivity contribution in [3.8, 4) is 0 Å². The van der Waals surface area contributed by atoms with Crippen LogP contribution >= 0.6 is 15.9 Å². The molecule has 3 fully saturated rings. The molecule has 8 nitrogen and oxygen atoms in total. The molecule has 3 rings (SSSR count). The van der Waals surface area contributed by atoms with Gasteiger partial charge < -0.3 is 24.4 Å². The summed E-state index contributed by atoms with van der Waals surface area (Å²) in [5.74, 6) is -2.73. The first-order valence-corrected chi connectivity index (χ1v) is 13.0. The Labute approximate surface area is 210 Å². The molecule has 0 aromatic carbocycles. The number of nitrogens with zero attached hydrogens (tertiary/aromatic N) is 2. The average molecular weight is 541 g/mol. The standard InChI is InChI=1S/C25H37BrN2O6/c1-6-9-12-33-24(32)18-19-22(30)28(16(5)14-29)21(25(19)13-17(26)20(18)34-25)23(31)27(11-8-3)15(4)10-7-2/h6,8,15-21,29H,1,3,7,9-14H2,2,4-5H3/t15?,16-,17?,18+,19+,20+,21?,25?/m1/s1. The number of likely N-dealkylation sites (tertiary alicyclic amines) is 1. The van der Waals surface area contributed by atoms with Crippen LogP contribution in [0.4, 0.5) is 0 Å². The largest absolute Gasteiger partial charge is 0.465 e. The van der Waals surface area contributed by atoms with Crippen molar-refractivity contribution in [3.05, 3.63) is 25.3 Å². The minimum atomic E-state index is -1.16. The topological polar surface area (TPSA) is 96.4 Å². The molecule has 0 aliphatic carbocycles. The number of aliphatic hydroxyl groups excluding tert-OH is 1. The van der Waals surface area contributed by atoms with Crippen molar-refractivity contribution in [2.24, 2.45) is 11.8 Å². The van der Waals surface area contributed by atoms with Crippen LogP contribution in [0.5, 0.6) is 0 Å². The highest BCUT2D eigenvalue weighted by Gasteiger charge is 2.77. The summed E-state index contributed by atoms with van der Waals surface area (Å²) in [5.41, 5.74) is -1.16. The molecule has 0 radical (unpaired) electrons. The smallest absolute Gasteiger partial charge is 0.312 e. The summed E-state index contributed by atoms with van der Waals surface area (Å²) in [7, 11) is 0. The number of alkyl halides is 1. The fraction of sp³-hybridized carbons (Fsp3) is 0.720. The molecule has 3 aliphatic rings. The minimum absolute atomic E-state index is 0.0645. The number of carbonyl (C=O) groups is 3. The van der Waals surface area contributed by atoms with Gasteiger partial charge in [-0.15, -0.1) is 13.2 Å². The number of fused-ring (bicyclic) bond motifs is 1. The van der Waals surface area contributed by atoms with Crippen LogP contribution in [0.3, 0.4) is 0 Å². The van der Waals surface area contributed by atoms with E-state index >= 15 is 0 Å². The van der Waals surface area contributed by atoms with Crippen LogP contribution in [0.25, 0.3) is 0 Å². The minimum Gasteiger partial charge on any atom is -0.465 e. The Hall–Kier alpha value is -1.71. The molecule has 3 aliphatic heterocycles. The van der Waals surface area contributed by atoms with Gasteiger partial charge in [-0.1, -0.05) is 41.4 Å². The highest BCUT2D eigenvalue weighted by Crippen LogP contribution is 2.60. The van der Waals surface area contributed by atoms with Crippen molar-refractivity contribution in [1.29, 1.82) is 0 Å². The molecule has 1 N–H and O–H groups in total. The molecular formula is C25H37BrN2O6.